The number of aryl methyl sites for hydroxylation is 2. The molecule has 0 spiro atoms. The number of rotatable bonds is 6. The lowest BCUT2D eigenvalue weighted by molar-refractivity contribution is -0.122. The summed E-state index contributed by atoms with van der Waals surface area (Å²) in [4.78, 5) is 26.5. The highest BCUT2D eigenvalue weighted by atomic mass is 32.2. The molecule has 1 aromatic carbocycles. The first-order chi connectivity index (χ1) is 12.5. The maximum Gasteiger partial charge on any atom is 0.231 e. The van der Waals surface area contributed by atoms with E-state index < -0.39 is 5.92 Å². The zero-order chi connectivity index (χ0) is 18.7. The van der Waals surface area contributed by atoms with Crippen molar-refractivity contribution in [2.24, 2.45) is 5.92 Å². The molecule has 1 aliphatic heterocycles. The number of carbonyl (C=O) groups is 2. The lowest BCUT2D eigenvalue weighted by Crippen LogP contribution is -2.28. The Morgan fingerprint density at radius 2 is 2.19 bits per heavy atom. The second-order valence-corrected chi connectivity index (χ2v) is 8.43. The molecule has 2 aromatic rings. The SMILES string of the molecule is Cc1ccc(N2CC(C(=O)Nc3nnc(SCCO)s3)CC2=O)cc1C. The average Bonchev–Trinajstić information content (AvgIpc) is 3.22. The highest BCUT2D eigenvalue weighted by molar-refractivity contribution is 8.01. The maximum absolute atomic E-state index is 12.5. The van der Waals surface area contributed by atoms with Crippen LogP contribution in [0.15, 0.2) is 22.5 Å². The van der Waals surface area contributed by atoms with Crippen LogP contribution in [0.25, 0.3) is 0 Å². The molecule has 0 bridgehead atoms. The van der Waals surface area contributed by atoms with Crippen LogP contribution >= 0.6 is 23.1 Å². The number of aliphatic hydroxyl groups excluding tert-OH is 1. The van der Waals surface area contributed by atoms with Crippen LogP contribution < -0.4 is 10.2 Å². The number of amides is 2. The summed E-state index contributed by atoms with van der Waals surface area (Å²) in [5.74, 6) is -0.157. The number of aliphatic hydroxyl groups is 1. The van der Waals surface area contributed by atoms with E-state index in [1.54, 1.807) is 4.90 Å². The standard InChI is InChI=1S/C17H20N4O3S2/c1-10-3-4-13(7-11(10)2)21-9-12(8-14(21)23)15(24)18-16-19-20-17(26-16)25-6-5-22/h3-4,7,12,22H,5-6,8-9H2,1-2H3,(H,18,19,24). The van der Waals surface area contributed by atoms with Crippen molar-refractivity contribution in [3.8, 4) is 0 Å². The molecular formula is C17H20N4O3S2. The molecule has 138 valence electrons. The maximum atomic E-state index is 12.5. The van der Waals surface area contributed by atoms with E-state index in [4.69, 9.17) is 5.11 Å². The van der Waals surface area contributed by atoms with Gasteiger partial charge in [-0.25, -0.2) is 0 Å². The third kappa shape index (κ3) is 4.22. The predicted octanol–water partition coefficient (Wildman–Crippen LogP) is 2.23. The topological polar surface area (TPSA) is 95.4 Å². The third-order valence-corrected chi connectivity index (χ3v) is 6.20. The molecule has 2 N–H and O–H groups in total. The second-order valence-electron chi connectivity index (χ2n) is 6.11. The summed E-state index contributed by atoms with van der Waals surface area (Å²) in [5, 5.41) is 19.9. The van der Waals surface area contributed by atoms with Crippen molar-refractivity contribution in [3.63, 3.8) is 0 Å². The zero-order valence-corrected chi connectivity index (χ0v) is 16.2. The van der Waals surface area contributed by atoms with Crippen molar-refractivity contribution in [1.29, 1.82) is 0 Å². The highest BCUT2D eigenvalue weighted by Crippen LogP contribution is 2.29. The molecule has 1 aromatic heterocycles. The summed E-state index contributed by atoms with van der Waals surface area (Å²) >= 11 is 2.64. The van der Waals surface area contributed by atoms with Gasteiger partial charge in [-0.2, -0.15) is 0 Å². The molecule has 9 heteroatoms. The lowest BCUT2D eigenvalue weighted by Gasteiger charge is -2.17. The van der Waals surface area contributed by atoms with Gasteiger partial charge in [-0.3, -0.25) is 9.59 Å². The van der Waals surface area contributed by atoms with Gasteiger partial charge in [-0.1, -0.05) is 29.2 Å². The first-order valence-corrected chi connectivity index (χ1v) is 10.0. The molecule has 0 saturated carbocycles. The molecule has 3 rings (SSSR count). The van der Waals surface area contributed by atoms with Gasteiger partial charge in [0.2, 0.25) is 16.9 Å². The van der Waals surface area contributed by atoms with Crippen molar-refractivity contribution < 1.29 is 14.7 Å². The van der Waals surface area contributed by atoms with Crippen LogP contribution in [0.5, 0.6) is 0 Å². The summed E-state index contributed by atoms with van der Waals surface area (Å²) in [6.45, 7) is 4.45. The summed E-state index contributed by atoms with van der Waals surface area (Å²) in [5.41, 5.74) is 3.11. The van der Waals surface area contributed by atoms with Gasteiger partial charge in [0.25, 0.3) is 0 Å². The molecule has 1 fully saturated rings. The largest absolute Gasteiger partial charge is 0.396 e. The quantitative estimate of drug-likeness (QED) is 0.578. The minimum atomic E-state index is -0.415. The number of nitrogens with one attached hydrogen (secondary N) is 1. The Morgan fingerprint density at radius 1 is 1.38 bits per heavy atom. The van der Waals surface area contributed by atoms with E-state index in [0.29, 0.717) is 21.8 Å². The monoisotopic (exact) mass is 392 g/mol. The molecule has 2 heterocycles. The van der Waals surface area contributed by atoms with Gasteiger partial charge >= 0.3 is 0 Å². The Balaban J connectivity index is 1.63. The van der Waals surface area contributed by atoms with E-state index >= 15 is 0 Å². The highest BCUT2D eigenvalue weighted by Gasteiger charge is 2.35. The Labute approximate surface area is 159 Å². The smallest absolute Gasteiger partial charge is 0.231 e. The number of hydrogen-bond donors (Lipinski definition) is 2. The van der Waals surface area contributed by atoms with Crippen LogP contribution in [-0.2, 0) is 9.59 Å². The van der Waals surface area contributed by atoms with E-state index in [1.807, 2.05) is 32.0 Å². The average molecular weight is 393 g/mol. The van der Waals surface area contributed by atoms with E-state index in [0.717, 1.165) is 11.3 Å². The van der Waals surface area contributed by atoms with Crippen LogP contribution in [0.1, 0.15) is 17.5 Å². The van der Waals surface area contributed by atoms with E-state index in [2.05, 4.69) is 15.5 Å². The van der Waals surface area contributed by atoms with Gasteiger partial charge in [0.1, 0.15) is 0 Å². The van der Waals surface area contributed by atoms with Crippen LogP contribution in [0, 0.1) is 19.8 Å². The Kier molecular flexibility index (Phi) is 5.90. The molecule has 1 aliphatic rings. The van der Waals surface area contributed by atoms with Crippen molar-refractivity contribution in [3.05, 3.63) is 29.3 Å². The number of benzene rings is 1. The zero-order valence-electron chi connectivity index (χ0n) is 14.6. The first kappa shape index (κ1) is 18.8. The number of carbonyl (C=O) groups excluding carboxylic acids is 2. The van der Waals surface area contributed by atoms with Gasteiger partial charge in [-0.15, -0.1) is 10.2 Å². The lowest BCUT2D eigenvalue weighted by atomic mass is 10.1. The fourth-order valence-electron chi connectivity index (χ4n) is 2.69. The second kappa shape index (κ2) is 8.15. The van der Waals surface area contributed by atoms with Gasteiger partial charge < -0.3 is 15.3 Å². The van der Waals surface area contributed by atoms with Gasteiger partial charge in [0, 0.05) is 24.4 Å². The molecule has 1 saturated heterocycles. The minimum Gasteiger partial charge on any atom is -0.396 e. The molecule has 1 atom stereocenters. The van der Waals surface area contributed by atoms with Crippen LogP contribution in [-0.4, -0.2) is 46.0 Å². The number of anilines is 2. The molecule has 0 aliphatic carbocycles. The molecule has 26 heavy (non-hydrogen) atoms. The Bertz CT molecular complexity index is 824. The summed E-state index contributed by atoms with van der Waals surface area (Å²) in [7, 11) is 0. The van der Waals surface area contributed by atoms with Crippen LogP contribution in [0.3, 0.4) is 0 Å². The fourth-order valence-corrected chi connectivity index (χ4v) is 4.25. The van der Waals surface area contributed by atoms with Gasteiger partial charge in [0.05, 0.1) is 12.5 Å². The number of aromatic nitrogens is 2. The number of thioether (sulfide) groups is 1. The summed E-state index contributed by atoms with van der Waals surface area (Å²) in [6.07, 6.45) is 0.184. The molecule has 0 radical (unpaired) electrons. The normalized spacial score (nSPS) is 17.0. The first-order valence-electron chi connectivity index (χ1n) is 8.23. The molecule has 2 amide bonds. The Morgan fingerprint density at radius 3 is 2.92 bits per heavy atom. The molecule has 1 unspecified atom stereocenters. The van der Waals surface area contributed by atoms with Gasteiger partial charge in [-0.05, 0) is 37.1 Å². The molecular weight excluding hydrogens is 372 g/mol. The minimum absolute atomic E-state index is 0.0511. The van der Waals surface area contributed by atoms with Crippen molar-refractivity contribution in [1.82, 2.24) is 10.2 Å². The number of nitrogens with zero attached hydrogens (tertiary/aromatic N) is 3. The van der Waals surface area contributed by atoms with Crippen LogP contribution in [0.4, 0.5) is 10.8 Å². The van der Waals surface area contributed by atoms with E-state index in [-0.39, 0.29) is 24.8 Å². The van der Waals surface area contributed by atoms with Crippen molar-refractivity contribution >= 4 is 45.7 Å². The van der Waals surface area contributed by atoms with Crippen molar-refractivity contribution in [2.75, 3.05) is 29.1 Å². The summed E-state index contributed by atoms with van der Waals surface area (Å²) < 4.78 is 0.689. The summed E-state index contributed by atoms with van der Waals surface area (Å²) in [6, 6.07) is 5.87. The van der Waals surface area contributed by atoms with E-state index in [9.17, 15) is 9.59 Å². The fraction of sp³-hybridized carbons (Fsp3) is 0.412. The van der Waals surface area contributed by atoms with E-state index in [1.165, 1.54) is 28.7 Å². The molecule has 7 nitrogen and oxygen atoms in total. The van der Waals surface area contributed by atoms with Crippen molar-refractivity contribution in [2.45, 2.75) is 24.6 Å². The predicted molar refractivity (Wildman–Crippen MR) is 103 cm³/mol. The van der Waals surface area contributed by atoms with Crippen LogP contribution in [0.2, 0.25) is 0 Å². The number of hydrogen-bond acceptors (Lipinski definition) is 7. The van der Waals surface area contributed by atoms with Gasteiger partial charge in [0.15, 0.2) is 4.34 Å². The Hall–Kier alpha value is -1.97. The third-order valence-electron chi connectivity index (χ3n) is 4.25.